The van der Waals surface area contributed by atoms with Gasteiger partial charge in [-0.3, -0.25) is 18.8 Å². The summed E-state index contributed by atoms with van der Waals surface area (Å²) in [6.07, 6.45) is 1.25. The maximum Gasteiger partial charge on any atom is 0.207 e. The SMILES string of the molecule is C1C[N+]2(C[N+]34CCN(CC3)CC4)CCN1CC2.CCC. The van der Waals surface area contributed by atoms with Crippen molar-refractivity contribution in [3.05, 3.63) is 0 Å². The molecule has 6 aliphatic rings. The number of piperazine rings is 6. The van der Waals surface area contributed by atoms with Gasteiger partial charge in [0.2, 0.25) is 6.67 Å². The highest BCUT2D eigenvalue weighted by Gasteiger charge is 2.48. The van der Waals surface area contributed by atoms with Gasteiger partial charge >= 0.3 is 0 Å². The summed E-state index contributed by atoms with van der Waals surface area (Å²) in [5.74, 6) is 0. The zero-order valence-electron chi connectivity index (χ0n) is 13.7. The van der Waals surface area contributed by atoms with Crippen LogP contribution in [0.5, 0.6) is 0 Å². The molecule has 6 rings (SSSR count). The average Bonchev–Trinajstić information content (AvgIpc) is 2.51. The first kappa shape index (κ1) is 14.8. The van der Waals surface area contributed by atoms with Crippen LogP contribution >= 0.6 is 0 Å². The van der Waals surface area contributed by atoms with E-state index in [9.17, 15) is 0 Å². The number of hydrogen-bond donors (Lipinski definition) is 0. The summed E-state index contributed by atoms with van der Waals surface area (Å²) in [5, 5.41) is 0. The van der Waals surface area contributed by atoms with Gasteiger partial charge in [0.1, 0.15) is 0 Å². The van der Waals surface area contributed by atoms with E-state index in [-0.39, 0.29) is 0 Å². The molecular formula is C16H34N4+2. The van der Waals surface area contributed by atoms with Crippen LogP contribution in [0, 0.1) is 0 Å². The molecule has 6 fully saturated rings. The molecule has 0 aromatic heterocycles. The van der Waals surface area contributed by atoms with Crippen LogP contribution in [-0.2, 0) is 0 Å². The Morgan fingerprint density at radius 1 is 0.600 bits per heavy atom. The lowest BCUT2D eigenvalue weighted by atomic mass is 10.1. The van der Waals surface area contributed by atoms with Gasteiger partial charge in [-0.15, -0.1) is 0 Å². The van der Waals surface area contributed by atoms with Crippen molar-refractivity contribution < 1.29 is 8.97 Å². The van der Waals surface area contributed by atoms with E-state index in [4.69, 9.17) is 0 Å². The molecule has 4 nitrogen and oxygen atoms in total. The number of nitrogens with zero attached hydrogens (tertiary/aromatic N) is 4. The Hall–Kier alpha value is -0.160. The van der Waals surface area contributed by atoms with Gasteiger partial charge in [-0.1, -0.05) is 20.3 Å². The quantitative estimate of drug-likeness (QED) is 0.686. The Balaban J connectivity index is 0.000000373. The van der Waals surface area contributed by atoms with E-state index < -0.39 is 0 Å². The fourth-order valence-electron chi connectivity index (χ4n) is 4.52. The molecule has 4 heteroatoms. The molecule has 116 valence electrons. The van der Waals surface area contributed by atoms with Crippen molar-refractivity contribution in [3.63, 3.8) is 0 Å². The molecule has 0 spiro atoms. The van der Waals surface area contributed by atoms with E-state index in [0.717, 1.165) is 0 Å². The Kier molecular flexibility index (Phi) is 4.37. The van der Waals surface area contributed by atoms with Crippen molar-refractivity contribution in [2.24, 2.45) is 0 Å². The van der Waals surface area contributed by atoms with E-state index in [1.807, 2.05) is 0 Å². The van der Waals surface area contributed by atoms with Gasteiger partial charge in [-0.2, -0.15) is 0 Å². The van der Waals surface area contributed by atoms with Crippen molar-refractivity contribution in [2.45, 2.75) is 20.3 Å². The third-order valence-electron chi connectivity index (χ3n) is 5.94. The van der Waals surface area contributed by atoms with Crippen molar-refractivity contribution in [1.82, 2.24) is 9.80 Å². The molecular weight excluding hydrogens is 248 g/mol. The first-order chi connectivity index (χ1) is 9.69. The third-order valence-corrected chi connectivity index (χ3v) is 5.94. The highest BCUT2D eigenvalue weighted by atomic mass is 15.6. The molecule has 6 heterocycles. The van der Waals surface area contributed by atoms with Gasteiger partial charge in [-0.05, 0) is 0 Å². The van der Waals surface area contributed by atoms with Crippen molar-refractivity contribution in [2.75, 3.05) is 85.2 Å². The minimum atomic E-state index is 1.25. The average molecular weight is 282 g/mol. The normalized spacial score (nSPS) is 45.9. The smallest absolute Gasteiger partial charge is 0.207 e. The second-order valence-electron chi connectivity index (χ2n) is 7.56. The summed E-state index contributed by atoms with van der Waals surface area (Å²) in [5.41, 5.74) is 0. The van der Waals surface area contributed by atoms with Crippen LogP contribution in [0.25, 0.3) is 0 Å². The third kappa shape index (κ3) is 2.89. The number of quaternary nitrogens is 2. The molecule has 0 aliphatic carbocycles. The van der Waals surface area contributed by atoms with Gasteiger partial charge in [0.15, 0.2) is 0 Å². The lowest BCUT2D eigenvalue weighted by Crippen LogP contribution is -2.77. The first-order valence-corrected chi connectivity index (χ1v) is 8.84. The molecule has 0 amide bonds. The molecule has 6 aliphatic heterocycles. The Morgan fingerprint density at radius 3 is 1.10 bits per heavy atom. The molecule has 0 aromatic carbocycles. The molecule has 0 aromatic rings. The van der Waals surface area contributed by atoms with E-state index in [0.29, 0.717) is 0 Å². The van der Waals surface area contributed by atoms with E-state index >= 15 is 0 Å². The summed E-state index contributed by atoms with van der Waals surface area (Å²) in [6, 6.07) is 0. The molecule has 6 saturated heterocycles. The minimum Gasteiger partial charge on any atom is -0.287 e. The van der Waals surface area contributed by atoms with Crippen molar-refractivity contribution >= 4 is 0 Å². The summed E-state index contributed by atoms with van der Waals surface area (Å²) < 4.78 is 2.91. The number of rotatable bonds is 2. The summed E-state index contributed by atoms with van der Waals surface area (Å²) in [4.78, 5) is 5.32. The number of hydrogen-bond acceptors (Lipinski definition) is 2. The highest BCUT2D eigenvalue weighted by Crippen LogP contribution is 2.27. The lowest BCUT2D eigenvalue weighted by molar-refractivity contribution is -1.11. The Morgan fingerprint density at radius 2 is 0.850 bits per heavy atom. The van der Waals surface area contributed by atoms with Crippen LogP contribution in [0.4, 0.5) is 0 Å². The summed E-state index contributed by atoms with van der Waals surface area (Å²) in [6.45, 7) is 22.5. The summed E-state index contributed by atoms with van der Waals surface area (Å²) >= 11 is 0. The molecule has 0 saturated carbocycles. The van der Waals surface area contributed by atoms with Crippen LogP contribution in [0.1, 0.15) is 20.3 Å². The molecule has 0 atom stereocenters. The van der Waals surface area contributed by atoms with E-state index in [2.05, 4.69) is 23.6 Å². The van der Waals surface area contributed by atoms with Gasteiger partial charge < -0.3 is 0 Å². The van der Waals surface area contributed by atoms with E-state index in [1.54, 1.807) is 0 Å². The predicted octanol–water partition coefficient (Wildman–Crippen LogP) is 0.652. The molecule has 0 N–H and O–H groups in total. The maximum atomic E-state index is 2.66. The standard InChI is InChI=1S/C13H26N4.C3H8/c1-7-16(8-2-14(1)3-9-16)13-17-10-4-15(5-11-17)6-12-17;1-3-2/h1-13H2;3H2,1-2H3/q+2;. The van der Waals surface area contributed by atoms with Gasteiger partial charge in [0.05, 0.1) is 39.3 Å². The zero-order valence-corrected chi connectivity index (χ0v) is 13.7. The minimum absolute atomic E-state index is 1.25. The largest absolute Gasteiger partial charge is 0.287 e. The molecule has 4 bridgehead atoms. The van der Waals surface area contributed by atoms with Crippen LogP contribution in [0.3, 0.4) is 0 Å². The van der Waals surface area contributed by atoms with Crippen molar-refractivity contribution in [3.8, 4) is 0 Å². The van der Waals surface area contributed by atoms with Crippen LogP contribution in [0.2, 0.25) is 0 Å². The van der Waals surface area contributed by atoms with Crippen LogP contribution < -0.4 is 0 Å². The van der Waals surface area contributed by atoms with Gasteiger partial charge in [0.25, 0.3) is 0 Å². The topological polar surface area (TPSA) is 6.48 Å². The molecule has 0 unspecified atom stereocenters. The fourth-order valence-corrected chi connectivity index (χ4v) is 4.52. The maximum absolute atomic E-state index is 2.66. The monoisotopic (exact) mass is 282 g/mol. The second kappa shape index (κ2) is 5.91. The van der Waals surface area contributed by atoms with Crippen LogP contribution in [0.15, 0.2) is 0 Å². The van der Waals surface area contributed by atoms with Crippen LogP contribution in [-0.4, -0.2) is 104 Å². The first-order valence-electron chi connectivity index (χ1n) is 8.84. The highest BCUT2D eigenvalue weighted by molar-refractivity contribution is 4.73. The molecule has 20 heavy (non-hydrogen) atoms. The summed E-state index contributed by atoms with van der Waals surface area (Å²) in [7, 11) is 0. The zero-order chi connectivity index (χ0) is 14.1. The Bertz CT molecular complexity index is 257. The second-order valence-corrected chi connectivity index (χ2v) is 7.56. The van der Waals surface area contributed by atoms with Crippen molar-refractivity contribution in [1.29, 1.82) is 0 Å². The van der Waals surface area contributed by atoms with E-state index in [1.165, 1.54) is 101 Å². The predicted molar refractivity (Wildman–Crippen MR) is 83.4 cm³/mol. The lowest BCUT2D eigenvalue weighted by Gasteiger charge is -2.57. The Labute approximate surface area is 125 Å². The fraction of sp³-hybridized carbons (Fsp3) is 1.00. The van der Waals surface area contributed by atoms with Gasteiger partial charge in [-0.25, -0.2) is 0 Å². The molecule has 0 radical (unpaired) electrons. The number of fused-ring (bicyclic) bond motifs is 6. The van der Waals surface area contributed by atoms with Gasteiger partial charge in [0, 0.05) is 39.3 Å².